The summed E-state index contributed by atoms with van der Waals surface area (Å²) in [6.45, 7) is 1.96. The lowest BCUT2D eigenvalue weighted by Crippen LogP contribution is -2.24. The standard InChI is InChI=1S/C25H18IN3O2/c1-15-7-3-5-9-21(15)29-23(27-20-12-11-16(26)13-19(20)25(29)31)14-18-17-8-4-6-10-22(17)28(2)24(18)30/h3-14H,1-2H3/b18-14-. The molecular weight excluding hydrogens is 501 g/mol. The molecule has 0 radical (unpaired) electrons. The van der Waals surface area contributed by atoms with Crippen molar-refractivity contribution in [2.24, 2.45) is 0 Å². The van der Waals surface area contributed by atoms with Gasteiger partial charge in [-0.25, -0.2) is 4.98 Å². The van der Waals surface area contributed by atoms with E-state index in [2.05, 4.69) is 22.6 Å². The van der Waals surface area contributed by atoms with E-state index in [1.807, 2.05) is 73.7 Å². The van der Waals surface area contributed by atoms with Gasteiger partial charge in [0.25, 0.3) is 11.5 Å². The maximum absolute atomic E-state index is 13.6. The van der Waals surface area contributed by atoms with Gasteiger partial charge in [0.2, 0.25) is 0 Å². The number of hydrogen-bond acceptors (Lipinski definition) is 3. The minimum absolute atomic E-state index is 0.116. The van der Waals surface area contributed by atoms with E-state index < -0.39 is 0 Å². The van der Waals surface area contributed by atoms with Gasteiger partial charge in [0.1, 0.15) is 5.82 Å². The van der Waals surface area contributed by atoms with Gasteiger partial charge >= 0.3 is 0 Å². The molecule has 152 valence electrons. The Hall–Kier alpha value is -3.26. The van der Waals surface area contributed by atoms with Crippen LogP contribution in [0.3, 0.4) is 0 Å². The molecule has 0 bridgehead atoms. The van der Waals surface area contributed by atoms with Gasteiger partial charge in [-0.1, -0.05) is 36.4 Å². The molecule has 0 aliphatic carbocycles. The maximum atomic E-state index is 13.6. The largest absolute Gasteiger partial charge is 0.311 e. The van der Waals surface area contributed by atoms with Crippen molar-refractivity contribution in [2.45, 2.75) is 6.92 Å². The molecule has 0 N–H and O–H groups in total. The van der Waals surface area contributed by atoms with Crippen molar-refractivity contribution in [3.63, 3.8) is 0 Å². The quantitative estimate of drug-likeness (QED) is 0.282. The van der Waals surface area contributed by atoms with Crippen LogP contribution >= 0.6 is 22.6 Å². The molecule has 0 fully saturated rings. The number of anilines is 1. The molecule has 0 saturated heterocycles. The molecule has 5 nitrogen and oxygen atoms in total. The third kappa shape index (κ3) is 3.18. The van der Waals surface area contributed by atoms with Crippen molar-refractivity contribution in [1.82, 2.24) is 9.55 Å². The van der Waals surface area contributed by atoms with E-state index >= 15 is 0 Å². The third-order valence-corrected chi connectivity index (χ3v) is 6.25. The molecule has 0 atom stereocenters. The Balaban J connectivity index is 1.86. The summed E-state index contributed by atoms with van der Waals surface area (Å²) in [6.07, 6.45) is 1.73. The normalized spacial score (nSPS) is 14.5. The fourth-order valence-electron chi connectivity index (χ4n) is 3.99. The van der Waals surface area contributed by atoms with E-state index in [0.717, 1.165) is 26.1 Å². The van der Waals surface area contributed by atoms with Crippen LogP contribution in [0.15, 0.2) is 71.5 Å². The molecule has 1 amide bonds. The van der Waals surface area contributed by atoms with Gasteiger partial charge < -0.3 is 4.90 Å². The van der Waals surface area contributed by atoms with Crippen LogP contribution in [-0.4, -0.2) is 22.5 Å². The van der Waals surface area contributed by atoms with Crippen LogP contribution in [0.4, 0.5) is 5.69 Å². The molecule has 0 saturated carbocycles. The zero-order valence-electron chi connectivity index (χ0n) is 17.0. The minimum atomic E-state index is -0.156. The summed E-state index contributed by atoms with van der Waals surface area (Å²) < 4.78 is 2.57. The van der Waals surface area contributed by atoms with E-state index in [9.17, 15) is 9.59 Å². The number of aryl methyl sites for hydroxylation is 1. The number of halogens is 1. The molecule has 4 aromatic rings. The Bertz CT molecular complexity index is 1470. The number of nitrogens with zero attached hydrogens (tertiary/aromatic N) is 3. The Morgan fingerprint density at radius 1 is 0.935 bits per heavy atom. The number of fused-ring (bicyclic) bond motifs is 2. The van der Waals surface area contributed by atoms with E-state index in [1.54, 1.807) is 22.6 Å². The molecule has 0 spiro atoms. The molecule has 6 heteroatoms. The average Bonchev–Trinajstić information content (AvgIpc) is 3.01. The van der Waals surface area contributed by atoms with Crippen molar-refractivity contribution in [1.29, 1.82) is 0 Å². The van der Waals surface area contributed by atoms with Crippen LogP contribution < -0.4 is 10.5 Å². The average molecular weight is 519 g/mol. The number of benzene rings is 3. The highest BCUT2D eigenvalue weighted by Gasteiger charge is 2.30. The smallest absolute Gasteiger partial charge is 0.266 e. The second-order valence-electron chi connectivity index (χ2n) is 7.50. The monoisotopic (exact) mass is 519 g/mol. The van der Waals surface area contributed by atoms with E-state index in [4.69, 9.17) is 4.98 Å². The summed E-state index contributed by atoms with van der Waals surface area (Å²) in [5.74, 6) is 0.316. The van der Waals surface area contributed by atoms with Crippen molar-refractivity contribution in [2.75, 3.05) is 11.9 Å². The molecular formula is C25H18IN3O2. The molecule has 1 aliphatic rings. The molecule has 1 aliphatic heterocycles. The second kappa shape index (κ2) is 7.46. The van der Waals surface area contributed by atoms with E-state index in [-0.39, 0.29) is 11.5 Å². The van der Waals surface area contributed by atoms with Crippen LogP contribution in [0.5, 0.6) is 0 Å². The first-order valence-corrected chi connectivity index (χ1v) is 10.9. The lowest BCUT2D eigenvalue weighted by molar-refractivity contribution is -0.112. The highest BCUT2D eigenvalue weighted by Crippen LogP contribution is 2.36. The Morgan fingerprint density at radius 2 is 1.65 bits per heavy atom. The Labute approximate surface area is 192 Å². The summed E-state index contributed by atoms with van der Waals surface area (Å²) in [6, 6.07) is 21.0. The number of aromatic nitrogens is 2. The topological polar surface area (TPSA) is 55.2 Å². The van der Waals surface area contributed by atoms with E-state index in [0.29, 0.717) is 22.3 Å². The predicted molar refractivity (Wildman–Crippen MR) is 133 cm³/mol. The predicted octanol–water partition coefficient (Wildman–Crippen LogP) is 4.82. The van der Waals surface area contributed by atoms with Gasteiger partial charge in [-0.2, -0.15) is 0 Å². The first-order valence-electron chi connectivity index (χ1n) is 9.83. The number of rotatable bonds is 2. The minimum Gasteiger partial charge on any atom is -0.311 e. The highest BCUT2D eigenvalue weighted by atomic mass is 127. The first-order chi connectivity index (χ1) is 15.0. The zero-order chi connectivity index (χ0) is 21.7. The molecule has 3 aromatic carbocycles. The Morgan fingerprint density at radius 3 is 2.42 bits per heavy atom. The van der Waals surface area contributed by atoms with Crippen molar-refractivity contribution >= 4 is 56.7 Å². The van der Waals surface area contributed by atoms with Gasteiger partial charge in [-0.15, -0.1) is 0 Å². The lowest BCUT2D eigenvalue weighted by Gasteiger charge is -2.14. The van der Waals surface area contributed by atoms with Crippen LogP contribution in [0, 0.1) is 10.5 Å². The molecule has 2 heterocycles. The molecule has 1 aromatic heterocycles. The molecule has 31 heavy (non-hydrogen) atoms. The summed E-state index contributed by atoms with van der Waals surface area (Å²) >= 11 is 2.19. The fraction of sp³-hybridized carbons (Fsp3) is 0.0800. The van der Waals surface area contributed by atoms with E-state index in [1.165, 1.54) is 0 Å². The van der Waals surface area contributed by atoms with Crippen LogP contribution in [0.1, 0.15) is 17.0 Å². The van der Waals surface area contributed by atoms with Crippen molar-refractivity contribution in [3.8, 4) is 5.69 Å². The SMILES string of the molecule is Cc1ccccc1-n1c(/C=C2\C(=O)N(C)c3ccccc32)nc2ccc(I)cc2c1=O. The maximum Gasteiger partial charge on any atom is 0.266 e. The summed E-state index contributed by atoms with van der Waals surface area (Å²) in [7, 11) is 1.76. The number of carbonyl (C=O) groups excluding carboxylic acids is 1. The summed E-state index contributed by atoms with van der Waals surface area (Å²) in [5.41, 5.74) is 4.36. The fourth-order valence-corrected chi connectivity index (χ4v) is 4.48. The van der Waals surface area contributed by atoms with Crippen LogP contribution in [0.2, 0.25) is 0 Å². The number of hydrogen-bond donors (Lipinski definition) is 0. The number of likely N-dealkylation sites (N-methyl/N-ethyl adjacent to an activating group) is 1. The number of para-hydroxylation sites is 2. The van der Waals surface area contributed by atoms with Gasteiger partial charge in [0.05, 0.1) is 27.9 Å². The van der Waals surface area contributed by atoms with Crippen LogP contribution in [-0.2, 0) is 4.79 Å². The van der Waals surface area contributed by atoms with Gasteiger partial charge in [0, 0.05) is 16.2 Å². The van der Waals surface area contributed by atoms with Crippen LogP contribution in [0.25, 0.3) is 28.2 Å². The zero-order valence-corrected chi connectivity index (χ0v) is 19.1. The van der Waals surface area contributed by atoms with Gasteiger partial charge in [-0.05, 0) is 71.5 Å². The second-order valence-corrected chi connectivity index (χ2v) is 8.74. The molecule has 5 rings (SSSR count). The first kappa shape index (κ1) is 19.7. The summed E-state index contributed by atoms with van der Waals surface area (Å²) in [5, 5.41) is 0.549. The summed E-state index contributed by atoms with van der Waals surface area (Å²) in [4.78, 5) is 33.1. The lowest BCUT2D eigenvalue weighted by atomic mass is 10.1. The third-order valence-electron chi connectivity index (χ3n) is 5.58. The highest BCUT2D eigenvalue weighted by molar-refractivity contribution is 14.1. The van der Waals surface area contributed by atoms with Gasteiger partial charge in [-0.3, -0.25) is 14.2 Å². The Kier molecular flexibility index (Phi) is 4.74. The van der Waals surface area contributed by atoms with Crippen molar-refractivity contribution in [3.05, 3.63) is 97.6 Å². The molecule has 0 unspecified atom stereocenters. The number of amides is 1. The van der Waals surface area contributed by atoms with Gasteiger partial charge in [0.15, 0.2) is 0 Å². The van der Waals surface area contributed by atoms with Crippen molar-refractivity contribution < 1.29 is 4.79 Å². The number of carbonyl (C=O) groups is 1.